The topological polar surface area (TPSA) is 70.0 Å². The standard InChI is InChI=1S/C17H31NO4/c1-13-6-5-7-17(21,10-13)16(12-19)8-9-18(11-16)14(20)22-15(2,3)4/h13,19,21H,5-12H2,1-4H3. The number of amides is 1. The molecule has 2 rings (SSSR count). The molecule has 1 aliphatic heterocycles. The van der Waals surface area contributed by atoms with Crippen molar-refractivity contribution in [1.82, 2.24) is 4.90 Å². The first kappa shape index (κ1) is 17.5. The molecule has 1 saturated carbocycles. The Balaban J connectivity index is 2.11. The van der Waals surface area contributed by atoms with Crippen LogP contribution >= 0.6 is 0 Å². The Kier molecular flexibility index (Phi) is 4.79. The summed E-state index contributed by atoms with van der Waals surface area (Å²) in [5, 5.41) is 21.2. The van der Waals surface area contributed by atoms with Crippen LogP contribution in [0.1, 0.15) is 59.8 Å². The van der Waals surface area contributed by atoms with Crippen molar-refractivity contribution in [3.8, 4) is 0 Å². The van der Waals surface area contributed by atoms with E-state index >= 15 is 0 Å². The van der Waals surface area contributed by atoms with Gasteiger partial charge in [0.25, 0.3) is 0 Å². The van der Waals surface area contributed by atoms with E-state index in [-0.39, 0.29) is 12.7 Å². The average Bonchev–Trinajstić information content (AvgIpc) is 2.82. The molecule has 1 aliphatic carbocycles. The number of ether oxygens (including phenoxy) is 1. The predicted molar refractivity (Wildman–Crippen MR) is 84.5 cm³/mol. The largest absolute Gasteiger partial charge is 0.444 e. The fourth-order valence-electron chi connectivity index (χ4n) is 4.02. The molecule has 2 N–H and O–H groups in total. The number of carbonyl (C=O) groups excluding carboxylic acids is 1. The summed E-state index contributed by atoms with van der Waals surface area (Å²) in [5.41, 5.74) is -2.02. The molecule has 0 aromatic carbocycles. The summed E-state index contributed by atoms with van der Waals surface area (Å²) >= 11 is 0. The van der Waals surface area contributed by atoms with E-state index in [1.807, 2.05) is 20.8 Å². The Bertz CT molecular complexity index is 419. The van der Waals surface area contributed by atoms with Crippen molar-refractivity contribution in [2.24, 2.45) is 11.3 Å². The molecule has 0 bridgehead atoms. The van der Waals surface area contributed by atoms with Crippen molar-refractivity contribution in [1.29, 1.82) is 0 Å². The van der Waals surface area contributed by atoms with Crippen molar-refractivity contribution in [2.45, 2.75) is 71.0 Å². The first-order chi connectivity index (χ1) is 10.1. The molecule has 2 aliphatic rings. The first-order valence-corrected chi connectivity index (χ1v) is 8.42. The maximum atomic E-state index is 12.3. The Morgan fingerprint density at radius 2 is 2.05 bits per heavy atom. The zero-order valence-corrected chi connectivity index (χ0v) is 14.4. The Hall–Kier alpha value is -0.810. The number of rotatable bonds is 2. The second-order valence-electron chi connectivity index (χ2n) is 8.32. The summed E-state index contributed by atoms with van der Waals surface area (Å²) in [6, 6.07) is 0. The molecule has 5 nitrogen and oxygen atoms in total. The van der Waals surface area contributed by atoms with Crippen LogP contribution in [-0.2, 0) is 4.74 Å². The first-order valence-electron chi connectivity index (χ1n) is 8.42. The summed E-state index contributed by atoms with van der Waals surface area (Å²) in [5.74, 6) is 0.456. The van der Waals surface area contributed by atoms with Crippen LogP contribution in [0.25, 0.3) is 0 Å². The molecule has 2 fully saturated rings. The molecule has 0 aromatic rings. The highest BCUT2D eigenvalue weighted by atomic mass is 16.6. The maximum Gasteiger partial charge on any atom is 0.410 e. The predicted octanol–water partition coefficient (Wildman–Crippen LogP) is 2.55. The molecular weight excluding hydrogens is 282 g/mol. The van der Waals surface area contributed by atoms with E-state index in [0.29, 0.717) is 38.3 Å². The van der Waals surface area contributed by atoms with Gasteiger partial charge in [-0.05, 0) is 46.0 Å². The van der Waals surface area contributed by atoms with Crippen LogP contribution in [-0.4, -0.2) is 52.1 Å². The lowest BCUT2D eigenvalue weighted by molar-refractivity contribution is -0.133. The Morgan fingerprint density at radius 3 is 2.59 bits per heavy atom. The van der Waals surface area contributed by atoms with Gasteiger partial charge in [0.1, 0.15) is 5.60 Å². The smallest absolute Gasteiger partial charge is 0.410 e. The fourth-order valence-corrected chi connectivity index (χ4v) is 4.02. The zero-order valence-electron chi connectivity index (χ0n) is 14.4. The zero-order chi connectivity index (χ0) is 16.6. The average molecular weight is 313 g/mol. The van der Waals surface area contributed by atoms with Gasteiger partial charge >= 0.3 is 6.09 Å². The van der Waals surface area contributed by atoms with E-state index in [1.54, 1.807) is 4.90 Å². The second kappa shape index (κ2) is 6.00. The lowest BCUT2D eigenvalue weighted by Gasteiger charge is -2.48. The van der Waals surface area contributed by atoms with E-state index in [1.165, 1.54) is 0 Å². The molecule has 3 atom stereocenters. The third-order valence-electron chi connectivity index (χ3n) is 5.27. The van der Waals surface area contributed by atoms with E-state index in [0.717, 1.165) is 12.8 Å². The molecular formula is C17H31NO4. The van der Waals surface area contributed by atoms with Crippen molar-refractivity contribution in [3.05, 3.63) is 0 Å². The van der Waals surface area contributed by atoms with Crippen LogP contribution in [0.3, 0.4) is 0 Å². The van der Waals surface area contributed by atoms with Crippen LogP contribution in [0.4, 0.5) is 4.79 Å². The minimum Gasteiger partial charge on any atom is -0.444 e. The maximum absolute atomic E-state index is 12.3. The van der Waals surface area contributed by atoms with E-state index < -0.39 is 16.6 Å². The van der Waals surface area contributed by atoms with Gasteiger partial charge in [-0.1, -0.05) is 19.8 Å². The number of nitrogens with zero attached hydrogens (tertiary/aromatic N) is 1. The van der Waals surface area contributed by atoms with Gasteiger partial charge in [-0.3, -0.25) is 0 Å². The molecule has 3 unspecified atom stereocenters. The van der Waals surface area contributed by atoms with Crippen molar-refractivity contribution in [3.63, 3.8) is 0 Å². The monoisotopic (exact) mass is 313 g/mol. The number of aliphatic hydroxyl groups is 2. The summed E-state index contributed by atoms with van der Waals surface area (Å²) in [6.45, 7) is 8.50. The number of hydrogen-bond donors (Lipinski definition) is 2. The van der Waals surface area contributed by atoms with Crippen LogP contribution < -0.4 is 0 Å². The van der Waals surface area contributed by atoms with Crippen molar-refractivity contribution in [2.75, 3.05) is 19.7 Å². The van der Waals surface area contributed by atoms with Crippen LogP contribution in [0, 0.1) is 11.3 Å². The molecule has 1 saturated heterocycles. The number of aliphatic hydroxyl groups excluding tert-OH is 1. The van der Waals surface area contributed by atoms with E-state index in [4.69, 9.17) is 4.74 Å². The quantitative estimate of drug-likeness (QED) is 0.822. The number of hydrogen-bond acceptors (Lipinski definition) is 4. The molecule has 128 valence electrons. The molecule has 22 heavy (non-hydrogen) atoms. The Labute approximate surface area is 133 Å². The van der Waals surface area contributed by atoms with E-state index in [2.05, 4.69) is 6.92 Å². The highest BCUT2D eigenvalue weighted by Gasteiger charge is 2.55. The van der Waals surface area contributed by atoms with Crippen LogP contribution in [0.5, 0.6) is 0 Å². The van der Waals surface area contributed by atoms with Gasteiger partial charge in [0.2, 0.25) is 0 Å². The normalized spacial score (nSPS) is 36.5. The van der Waals surface area contributed by atoms with Gasteiger partial charge in [-0.25, -0.2) is 4.79 Å². The summed E-state index contributed by atoms with van der Waals surface area (Å²) in [4.78, 5) is 13.9. The van der Waals surface area contributed by atoms with Crippen LogP contribution in [0.15, 0.2) is 0 Å². The molecule has 0 spiro atoms. The van der Waals surface area contributed by atoms with Crippen molar-refractivity contribution >= 4 is 6.09 Å². The molecule has 1 amide bonds. The highest BCUT2D eigenvalue weighted by Crippen LogP contribution is 2.49. The third-order valence-corrected chi connectivity index (χ3v) is 5.27. The van der Waals surface area contributed by atoms with Gasteiger partial charge in [0, 0.05) is 18.5 Å². The van der Waals surface area contributed by atoms with Gasteiger partial charge in [-0.2, -0.15) is 0 Å². The molecule has 0 radical (unpaired) electrons. The SMILES string of the molecule is CC1CCCC(O)(C2(CO)CCN(C(=O)OC(C)(C)C)C2)C1. The molecule has 1 heterocycles. The van der Waals surface area contributed by atoms with E-state index in [9.17, 15) is 15.0 Å². The summed E-state index contributed by atoms with van der Waals surface area (Å²) in [6.07, 6.45) is 3.79. The minimum absolute atomic E-state index is 0.0878. The molecule has 0 aromatic heterocycles. The lowest BCUT2D eigenvalue weighted by Crippen LogP contribution is -2.55. The van der Waals surface area contributed by atoms with Gasteiger partial charge in [-0.15, -0.1) is 0 Å². The Morgan fingerprint density at radius 1 is 1.36 bits per heavy atom. The van der Waals surface area contributed by atoms with Gasteiger partial charge in [0.15, 0.2) is 0 Å². The number of carbonyl (C=O) groups is 1. The van der Waals surface area contributed by atoms with Crippen molar-refractivity contribution < 1.29 is 19.7 Å². The summed E-state index contributed by atoms with van der Waals surface area (Å²) < 4.78 is 5.42. The highest BCUT2D eigenvalue weighted by molar-refractivity contribution is 5.68. The third kappa shape index (κ3) is 3.40. The lowest BCUT2D eigenvalue weighted by atomic mass is 9.62. The number of likely N-dealkylation sites (tertiary alicyclic amines) is 1. The van der Waals surface area contributed by atoms with Crippen LogP contribution in [0.2, 0.25) is 0 Å². The van der Waals surface area contributed by atoms with Gasteiger partial charge < -0.3 is 19.8 Å². The summed E-state index contributed by atoms with van der Waals surface area (Å²) in [7, 11) is 0. The molecule has 5 heteroatoms. The van der Waals surface area contributed by atoms with Gasteiger partial charge in [0.05, 0.1) is 12.2 Å². The fraction of sp³-hybridized carbons (Fsp3) is 0.941. The minimum atomic E-state index is -0.879. The second-order valence-corrected chi connectivity index (χ2v) is 8.32.